The fraction of sp³-hybridized carbons (Fsp3) is 1.00. The van der Waals surface area contributed by atoms with E-state index in [1.807, 2.05) is 0 Å². The summed E-state index contributed by atoms with van der Waals surface area (Å²) in [4.78, 5) is 0. The van der Waals surface area contributed by atoms with Crippen LogP contribution in [0.1, 0.15) is 58.8 Å². The zero-order valence-corrected chi connectivity index (χ0v) is 9.26. The van der Waals surface area contributed by atoms with E-state index in [4.69, 9.17) is 5.73 Å². The molecule has 1 saturated carbocycles. The minimum atomic E-state index is 0.387. The van der Waals surface area contributed by atoms with Crippen LogP contribution in [0.2, 0.25) is 0 Å². The maximum Gasteiger partial charge on any atom is 0.00131 e. The van der Waals surface area contributed by atoms with E-state index in [9.17, 15) is 0 Å². The lowest BCUT2D eigenvalue weighted by Crippen LogP contribution is -2.22. The Morgan fingerprint density at radius 2 is 1.62 bits per heavy atom. The summed E-state index contributed by atoms with van der Waals surface area (Å²) in [6.45, 7) is 4.52. The molecule has 0 aromatic rings. The van der Waals surface area contributed by atoms with Crippen LogP contribution in [-0.2, 0) is 0 Å². The van der Waals surface area contributed by atoms with Gasteiger partial charge in [0.15, 0.2) is 0 Å². The van der Waals surface area contributed by atoms with Gasteiger partial charge in [-0.2, -0.15) is 0 Å². The molecule has 78 valence electrons. The zero-order chi connectivity index (χ0) is 9.68. The average molecular weight is 183 g/mol. The van der Waals surface area contributed by atoms with Gasteiger partial charge in [0.1, 0.15) is 0 Å². The van der Waals surface area contributed by atoms with E-state index < -0.39 is 0 Å². The van der Waals surface area contributed by atoms with Crippen LogP contribution in [0.25, 0.3) is 0 Å². The number of hydrogen-bond acceptors (Lipinski definition) is 1. The normalized spacial score (nSPS) is 25.2. The molecule has 1 heteroatoms. The van der Waals surface area contributed by atoms with Gasteiger partial charge in [-0.3, -0.25) is 0 Å². The molecular weight excluding hydrogens is 158 g/mol. The van der Waals surface area contributed by atoms with Crippen LogP contribution in [0.3, 0.4) is 0 Å². The van der Waals surface area contributed by atoms with Crippen molar-refractivity contribution in [1.82, 2.24) is 0 Å². The second-order valence-corrected chi connectivity index (χ2v) is 4.94. The molecule has 0 aromatic carbocycles. The fourth-order valence-corrected chi connectivity index (χ4v) is 2.66. The molecule has 0 spiro atoms. The summed E-state index contributed by atoms with van der Waals surface area (Å²) in [6, 6.07) is 0.387. The van der Waals surface area contributed by atoms with Gasteiger partial charge >= 0.3 is 0 Å². The molecule has 0 aromatic heterocycles. The van der Waals surface area contributed by atoms with Gasteiger partial charge in [0, 0.05) is 6.04 Å². The maximum atomic E-state index is 5.84. The minimum Gasteiger partial charge on any atom is -0.328 e. The van der Waals surface area contributed by atoms with Gasteiger partial charge < -0.3 is 5.73 Å². The zero-order valence-electron chi connectivity index (χ0n) is 9.26. The smallest absolute Gasteiger partial charge is 0.00131 e. The first-order valence-electron chi connectivity index (χ1n) is 5.95. The molecule has 0 saturated heterocycles. The van der Waals surface area contributed by atoms with Crippen molar-refractivity contribution in [1.29, 1.82) is 0 Å². The third-order valence-electron chi connectivity index (χ3n) is 3.45. The van der Waals surface area contributed by atoms with Gasteiger partial charge in [-0.05, 0) is 25.2 Å². The standard InChI is InChI=1S/C12H25N/c1-10(9-11(2)13)12-7-5-3-4-6-8-12/h10-12H,3-9,13H2,1-2H3. The van der Waals surface area contributed by atoms with Crippen LogP contribution in [0, 0.1) is 11.8 Å². The predicted molar refractivity (Wildman–Crippen MR) is 58.6 cm³/mol. The van der Waals surface area contributed by atoms with Crippen LogP contribution < -0.4 is 5.73 Å². The highest BCUT2D eigenvalue weighted by molar-refractivity contribution is 4.72. The Morgan fingerprint density at radius 3 is 2.08 bits per heavy atom. The Labute approximate surface area is 83.1 Å². The molecule has 2 unspecified atom stereocenters. The summed E-state index contributed by atoms with van der Waals surface area (Å²) >= 11 is 0. The van der Waals surface area contributed by atoms with E-state index in [0.29, 0.717) is 6.04 Å². The van der Waals surface area contributed by atoms with Crippen molar-refractivity contribution in [3.8, 4) is 0 Å². The summed E-state index contributed by atoms with van der Waals surface area (Å²) in [6.07, 6.45) is 9.94. The van der Waals surface area contributed by atoms with Crippen molar-refractivity contribution in [3.05, 3.63) is 0 Å². The Bertz CT molecular complexity index is 123. The molecule has 1 aliphatic rings. The van der Waals surface area contributed by atoms with Gasteiger partial charge in [-0.15, -0.1) is 0 Å². The molecule has 2 N–H and O–H groups in total. The van der Waals surface area contributed by atoms with Gasteiger partial charge in [0.05, 0.1) is 0 Å². The van der Waals surface area contributed by atoms with E-state index in [1.54, 1.807) is 0 Å². The second-order valence-electron chi connectivity index (χ2n) is 4.94. The van der Waals surface area contributed by atoms with Gasteiger partial charge in [0.2, 0.25) is 0 Å². The molecule has 1 aliphatic carbocycles. The molecule has 1 rings (SSSR count). The summed E-state index contributed by atoms with van der Waals surface area (Å²) in [5.74, 6) is 1.81. The lowest BCUT2D eigenvalue weighted by atomic mass is 9.84. The monoisotopic (exact) mass is 183 g/mol. The van der Waals surface area contributed by atoms with Crippen molar-refractivity contribution in [2.75, 3.05) is 0 Å². The van der Waals surface area contributed by atoms with Crippen molar-refractivity contribution in [2.24, 2.45) is 17.6 Å². The third kappa shape index (κ3) is 4.12. The first-order chi connectivity index (χ1) is 6.20. The quantitative estimate of drug-likeness (QED) is 0.667. The Morgan fingerprint density at radius 1 is 1.08 bits per heavy atom. The summed E-state index contributed by atoms with van der Waals surface area (Å²) in [5.41, 5.74) is 5.84. The fourth-order valence-electron chi connectivity index (χ4n) is 2.66. The number of rotatable bonds is 3. The number of hydrogen-bond donors (Lipinski definition) is 1. The van der Waals surface area contributed by atoms with Gasteiger partial charge in [0.25, 0.3) is 0 Å². The Hall–Kier alpha value is -0.0400. The molecule has 1 nitrogen and oxygen atoms in total. The van der Waals surface area contributed by atoms with Crippen molar-refractivity contribution in [2.45, 2.75) is 64.8 Å². The molecular formula is C12H25N. The average Bonchev–Trinajstić information content (AvgIpc) is 2.29. The van der Waals surface area contributed by atoms with E-state index in [2.05, 4.69) is 13.8 Å². The molecule has 0 bridgehead atoms. The topological polar surface area (TPSA) is 26.0 Å². The first-order valence-corrected chi connectivity index (χ1v) is 5.95. The molecule has 2 atom stereocenters. The molecule has 0 amide bonds. The van der Waals surface area contributed by atoms with E-state index >= 15 is 0 Å². The lowest BCUT2D eigenvalue weighted by Gasteiger charge is -2.23. The number of nitrogens with two attached hydrogens (primary N) is 1. The molecule has 0 aliphatic heterocycles. The Balaban J connectivity index is 2.30. The van der Waals surface area contributed by atoms with Crippen molar-refractivity contribution >= 4 is 0 Å². The Kier molecular flexibility index (Phi) is 4.79. The molecule has 13 heavy (non-hydrogen) atoms. The highest BCUT2D eigenvalue weighted by Gasteiger charge is 2.19. The highest BCUT2D eigenvalue weighted by atomic mass is 14.6. The summed E-state index contributed by atoms with van der Waals surface area (Å²) < 4.78 is 0. The van der Waals surface area contributed by atoms with Gasteiger partial charge in [-0.1, -0.05) is 45.4 Å². The van der Waals surface area contributed by atoms with Crippen LogP contribution in [0.4, 0.5) is 0 Å². The van der Waals surface area contributed by atoms with Crippen LogP contribution >= 0.6 is 0 Å². The third-order valence-corrected chi connectivity index (χ3v) is 3.45. The van der Waals surface area contributed by atoms with Crippen molar-refractivity contribution < 1.29 is 0 Å². The summed E-state index contributed by atoms with van der Waals surface area (Å²) in [7, 11) is 0. The van der Waals surface area contributed by atoms with Gasteiger partial charge in [-0.25, -0.2) is 0 Å². The lowest BCUT2D eigenvalue weighted by molar-refractivity contribution is 0.290. The largest absolute Gasteiger partial charge is 0.328 e. The maximum absolute atomic E-state index is 5.84. The SMILES string of the molecule is CC(N)CC(C)C1CCCCCC1. The second kappa shape index (κ2) is 5.64. The molecule has 1 fully saturated rings. The molecule has 0 heterocycles. The highest BCUT2D eigenvalue weighted by Crippen LogP contribution is 2.30. The van der Waals surface area contributed by atoms with E-state index in [1.165, 1.54) is 44.9 Å². The van der Waals surface area contributed by atoms with E-state index in [0.717, 1.165) is 11.8 Å². The van der Waals surface area contributed by atoms with E-state index in [-0.39, 0.29) is 0 Å². The molecule has 0 radical (unpaired) electrons. The predicted octanol–water partition coefficient (Wildman–Crippen LogP) is 3.33. The summed E-state index contributed by atoms with van der Waals surface area (Å²) in [5, 5.41) is 0. The first kappa shape index (κ1) is 11.0. The minimum absolute atomic E-state index is 0.387. The van der Waals surface area contributed by atoms with Crippen molar-refractivity contribution in [3.63, 3.8) is 0 Å². The van der Waals surface area contributed by atoms with Crippen LogP contribution in [0.15, 0.2) is 0 Å². The van der Waals surface area contributed by atoms with Crippen LogP contribution in [-0.4, -0.2) is 6.04 Å². The van der Waals surface area contributed by atoms with Crippen LogP contribution in [0.5, 0.6) is 0 Å².